The zero-order valence-corrected chi connectivity index (χ0v) is 11.0. The Hall–Kier alpha value is -2.39. The van der Waals surface area contributed by atoms with E-state index in [1.54, 1.807) is 6.20 Å². The van der Waals surface area contributed by atoms with Crippen LogP contribution >= 0.6 is 0 Å². The minimum atomic E-state index is 0.00115. The highest BCUT2D eigenvalue weighted by Gasteiger charge is 2.06. The van der Waals surface area contributed by atoms with Crippen molar-refractivity contribution < 1.29 is 9.84 Å². The second-order valence-electron chi connectivity index (χ2n) is 4.55. The highest BCUT2D eigenvalue weighted by Crippen LogP contribution is 2.26. The summed E-state index contributed by atoms with van der Waals surface area (Å²) >= 11 is 0. The van der Waals surface area contributed by atoms with Gasteiger partial charge in [-0.15, -0.1) is 0 Å². The van der Waals surface area contributed by atoms with Crippen molar-refractivity contribution in [2.75, 3.05) is 0 Å². The van der Waals surface area contributed by atoms with Gasteiger partial charge < -0.3 is 9.84 Å². The van der Waals surface area contributed by atoms with Crippen LogP contribution in [0.5, 0.6) is 5.75 Å². The molecule has 0 fully saturated rings. The molecule has 0 atom stereocenters. The van der Waals surface area contributed by atoms with Gasteiger partial charge in [0.1, 0.15) is 17.9 Å². The highest BCUT2D eigenvalue weighted by molar-refractivity contribution is 5.87. The first kappa shape index (κ1) is 12.6. The molecule has 0 spiro atoms. The van der Waals surface area contributed by atoms with Crippen molar-refractivity contribution in [2.45, 2.75) is 13.2 Å². The number of hydrogen-bond donors (Lipinski definition) is 1. The standard InChI is InChI=1S/C17H15NO2/c19-11-14-9-10-18-17-15(14)7-4-8-16(17)20-12-13-5-2-1-3-6-13/h1-10,19H,11-12H2. The Bertz CT molecular complexity index is 711. The first-order valence-electron chi connectivity index (χ1n) is 6.52. The fourth-order valence-corrected chi connectivity index (χ4v) is 2.20. The molecule has 20 heavy (non-hydrogen) atoms. The first-order chi connectivity index (χ1) is 9.88. The summed E-state index contributed by atoms with van der Waals surface area (Å²) in [5.74, 6) is 0.738. The van der Waals surface area contributed by atoms with Crippen molar-refractivity contribution in [2.24, 2.45) is 0 Å². The molecule has 2 aromatic carbocycles. The molecule has 0 radical (unpaired) electrons. The lowest BCUT2D eigenvalue weighted by Gasteiger charge is -2.10. The topological polar surface area (TPSA) is 42.4 Å². The van der Waals surface area contributed by atoms with Gasteiger partial charge in [-0.1, -0.05) is 42.5 Å². The number of pyridine rings is 1. The molecular weight excluding hydrogens is 250 g/mol. The number of para-hydroxylation sites is 1. The van der Waals surface area contributed by atoms with Crippen LogP contribution in [-0.2, 0) is 13.2 Å². The number of rotatable bonds is 4. The molecule has 0 saturated heterocycles. The van der Waals surface area contributed by atoms with Crippen LogP contribution in [0.25, 0.3) is 10.9 Å². The minimum Gasteiger partial charge on any atom is -0.487 e. The van der Waals surface area contributed by atoms with Crippen LogP contribution in [0.1, 0.15) is 11.1 Å². The number of ether oxygens (including phenoxy) is 1. The Balaban J connectivity index is 1.92. The smallest absolute Gasteiger partial charge is 0.146 e. The summed E-state index contributed by atoms with van der Waals surface area (Å²) in [5, 5.41) is 10.3. The van der Waals surface area contributed by atoms with E-state index >= 15 is 0 Å². The number of aliphatic hydroxyl groups excluding tert-OH is 1. The average molecular weight is 265 g/mol. The van der Waals surface area contributed by atoms with Crippen molar-refractivity contribution >= 4 is 10.9 Å². The predicted octanol–water partition coefficient (Wildman–Crippen LogP) is 3.31. The third-order valence-electron chi connectivity index (χ3n) is 3.23. The summed E-state index contributed by atoms with van der Waals surface area (Å²) in [7, 11) is 0. The van der Waals surface area contributed by atoms with Gasteiger partial charge in [0.05, 0.1) is 6.61 Å². The number of aromatic nitrogens is 1. The zero-order valence-electron chi connectivity index (χ0n) is 11.0. The lowest BCUT2D eigenvalue weighted by molar-refractivity contribution is 0.283. The quantitative estimate of drug-likeness (QED) is 0.787. The molecule has 0 saturated carbocycles. The fourth-order valence-electron chi connectivity index (χ4n) is 2.20. The molecule has 0 unspecified atom stereocenters. The molecule has 0 amide bonds. The minimum absolute atomic E-state index is 0.00115. The summed E-state index contributed by atoms with van der Waals surface area (Å²) in [6.45, 7) is 0.506. The van der Waals surface area contributed by atoms with Crippen molar-refractivity contribution in [3.63, 3.8) is 0 Å². The van der Waals surface area contributed by atoms with Gasteiger partial charge in [0.15, 0.2) is 0 Å². The van der Waals surface area contributed by atoms with Crippen LogP contribution in [-0.4, -0.2) is 10.1 Å². The van der Waals surface area contributed by atoms with Gasteiger partial charge >= 0.3 is 0 Å². The molecule has 3 heteroatoms. The summed E-state index contributed by atoms with van der Waals surface area (Å²) in [4.78, 5) is 4.37. The molecule has 1 N–H and O–H groups in total. The Morgan fingerprint density at radius 1 is 0.950 bits per heavy atom. The van der Waals surface area contributed by atoms with Crippen molar-refractivity contribution in [3.8, 4) is 5.75 Å². The molecule has 3 rings (SSSR count). The SMILES string of the molecule is OCc1ccnc2c(OCc3ccccc3)cccc12. The highest BCUT2D eigenvalue weighted by atomic mass is 16.5. The Labute approximate surface area is 117 Å². The van der Waals surface area contributed by atoms with E-state index in [0.29, 0.717) is 6.61 Å². The summed E-state index contributed by atoms with van der Waals surface area (Å²) in [6, 6.07) is 17.6. The molecule has 1 heterocycles. The predicted molar refractivity (Wildman–Crippen MR) is 78.4 cm³/mol. The van der Waals surface area contributed by atoms with Gasteiger partial charge in [0, 0.05) is 11.6 Å². The summed E-state index contributed by atoms with van der Waals surface area (Å²) in [5.41, 5.74) is 2.76. The van der Waals surface area contributed by atoms with Crippen LogP contribution in [0.4, 0.5) is 0 Å². The fraction of sp³-hybridized carbons (Fsp3) is 0.118. The van der Waals surface area contributed by atoms with Crippen molar-refractivity contribution in [1.82, 2.24) is 4.98 Å². The van der Waals surface area contributed by atoms with E-state index in [4.69, 9.17) is 4.74 Å². The lowest BCUT2D eigenvalue weighted by atomic mass is 10.1. The molecule has 0 bridgehead atoms. The Morgan fingerprint density at radius 3 is 2.60 bits per heavy atom. The third-order valence-corrected chi connectivity index (χ3v) is 3.23. The number of hydrogen-bond acceptors (Lipinski definition) is 3. The van der Waals surface area contributed by atoms with Crippen LogP contribution < -0.4 is 4.74 Å². The van der Waals surface area contributed by atoms with Gasteiger partial charge in [0.25, 0.3) is 0 Å². The molecule has 3 nitrogen and oxygen atoms in total. The average Bonchev–Trinajstić information content (AvgIpc) is 2.53. The van der Waals surface area contributed by atoms with E-state index in [-0.39, 0.29) is 6.61 Å². The maximum atomic E-state index is 9.37. The van der Waals surface area contributed by atoms with Gasteiger partial charge in [-0.25, -0.2) is 0 Å². The van der Waals surface area contributed by atoms with E-state index in [1.165, 1.54) is 0 Å². The van der Waals surface area contributed by atoms with E-state index in [1.807, 2.05) is 54.6 Å². The molecule has 0 aliphatic heterocycles. The van der Waals surface area contributed by atoms with E-state index in [2.05, 4.69) is 4.98 Å². The van der Waals surface area contributed by atoms with Crippen LogP contribution in [0.15, 0.2) is 60.8 Å². The Morgan fingerprint density at radius 2 is 1.80 bits per heavy atom. The summed E-state index contributed by atoms with van der Waals surface area (Å²) < 4.78 is 5.86. The van der Waals surface area contributed by atoms with Crippen LogP contribution in [0.3, 0.4) is 0 Å². The van der Waals surface area contributed by atoms with E-state index < -0.39 is 0 Å². The second kappa shape index (κ2) is 5.72. The number of benzene rings is 2. The normalized spacial score (nSPS) is 10.7. The van der Waals surface area contributed by atoms with E-state index in [9.17, 15) is 5.11 Å². The number of aliphatic hydroxyl groups is 1. The van der Waals surface area contributed by atoms with E-state index in [0.717, 1.165) is 27.8 Å². The van der Waals surface area contributed by atoms with Crippen molar-refractivity contribution in [3.05, 3.63) is 71.9 Å². The third kappa shape index (κ3) is 2.49. The van der Waals surface area contributed by atoms with Crippen LogP contribution in [0, 0.1) is 0 Å². The zero-order chi connectivity index (χ0) is 13.8. The number of nitrogens with zero attached hydrogens (tertiary/aromatic N) is 1. The number of fused-ring (bicyclic) bond motifs is 1. The molecule has 0 aliphatic rings. The molecule has 0 aliphatic carbocycles. The molecular formula is C17H15NO2. The lowest BCUT2D eigenvalue weighted by Crippen LogP contribution is -1.97. The molecule has 3 aromatic rings. The Kier molecular flexibility index (Phi) is 3.61. The van der Waals surface area contributed by atoms with Crippen molar-refractivity contribution in [1.29, 1.82) is 0 Å². The van der Waals surface area contributed by atoms with Gasteiger partial charge in [-0.3, -0.25) is 4.98 Å². The second-order valence-corrected chi connectivity index (χ2v) is 4.55. The maximum Gasteiger partial charge on any atom is 0.146 e. The van der Waals surface area contributed by atoms with Gasteiger partial charge in [-0.2, -0.15) is 0 Å². The molecule has 100 valence electrons. The maximum absolute atomic E-state index is 9.37. The molecule has 1 aromatic heterocycles. The van der Waals surface area contributed by atoms with Crippen LogP contribution in [0.2, 0.25) is 0 Å². The largest absolute Gasteiger partial charge is 0.487 e. The first-order valence-corrected chi connectivity index (χ1v) is 6.52. The monoisotopic (exact) mass is 265 g/mol. The van der Waals surface area contributed by atoms with Gasteiger partial charge in [-0.05, 0) is 23.3 Å². The summed E-state index contributed by atoms with van der Waals surface area (Å²) in [6.07, 6.45) is 1.70. The van der Waals surface area contributed by atoms with Gasteiger partial charge in [0.2, 0.25) is 0 Å².